The van der Waals surface area contributed by atoms with E-state index in [9.17, 15) is 9.59 Å². The minimum Gasteiger partial charge on any atom is -0.493 e. The number of carbonyl (C=O) groups excluding carboxylic acids is 1. The van der Waals surface area contributed by atoms with E-state index in [2.05, 4.69) is 5.32 Å². The van der Waals surface area contributed by atoms with Crippen LogP contribution in [0.25, 0.3) is 11.1 Å². The number of ether oxygens (including phenoxy) is 2. The third kappa shape index (κ3) is 5.46. The molecule has 0 spiro atoms. The monoisotopic (exact) mass is 459 g/mol. The predicted octanol–water partition coefficient (Wildman–Crippen LogP) is 5.55. The molecule has 6 heteroatoms. The van der Waals surface area contributed by atoms with E-state index in [4.69, 9.17) is 14.6 Å². The lowest BCUT2D eigenvalue weighted by atomic mass is 9.90. The van der Waals surface area contributed by atoms with Crippen LogP contribution in [-0.2, 0) is 9.53 Å². The van der Waals surface area contributed by atoms with Gasteiger partial charge in [0.2, 0.25) is 5.91 Å². The predicted molar refractivity (Wildman–Crippen MR) is 130 cm³/mol. The minimum atomic E-state index is -0.951. The van der Waals surface area contributed by atoms with E-state index in [0.717, 1.165) is 28.0 Å². The second-order valence-electron chi connectivity index (χ2n) is 8.46. The molecule has 0 saturated carbocycles. The molecule has 6 nitrogen and oxygen atoms in total. The maximum atomic E-state index is 11.8. The fourth-order valence-corrected chi connectivity index (χ4v) is 4.48. The molecule has 0 aliphatic carbocycles. The summed E-state index contributed by atoms with van der Waals surface area (Å²) in [4.78, 5) is 23.0. The molecule has 34 heavy (non-hydrogen) atoms. The van der Waals surface area contributed by atoms with E-state index < -0.39 is 5.97 Å². The van der Waals surface area contributed by atoms with Gasteiger partial charge in [-0.2, -0.15) is 0 Å². The fraction of sp³-hybridized carbons (Fsp3) is 0.286. The molecule has 0 unspecified atom stereocenters. The van der Waals surface area contributed by atoms with Gasteiger partial charge in [0.05, 0.1) is 24.4 Å². The minimum absolute atomic E-state index is 0.0147. The van der Waals surface area contributed by atoms with Crippen molar-refractivity contribution in [1.29, 1.82) is 0 Å². The Morgan fingerprint density at radius 2 is 1.65 bits per heavy atom. The Morgan fingerprint density at radius 1 is 0.971 bits per heavy atom. The van der Waals surface area contributed by atoms with Gasteiger partial charge in [-0.15, -0.1) is 0 Å². The first-order chi connectivity index (χ1) is 16.4. The smallest absolute Gasteiger partial charge is 0.335 e. The van der Waals surface area contributed by atoms with Crippen molar-refractivity contribution in [2.24, 2.45) is 0 Å². The molecule has 0 radical (unpaired) electrons. The molecule has 3 aromatic rings. The van der Waals surface area contributed by atoms with E-state index in [-0.39, 0.29) is 29.7 Å². The normalized spacial score (nSPS) is 19.9. The highest BCUT2D eigenvalue weighted by Crippen LogP contribution is 2.42. The van der Waals surface area contributed by atoms with Gasteiger partial charge >= 0.3 is 5.97 Å². The Bertz CT molecular complexity index is 1140. The van der Waals surface area contributed by atoms with Gasteiger partial charge in [-0.1, -0.05) is 54.6 Å². The molecule has 4 rings (SSSR count). The van der Waals surface area contributed by atoms with Gasteiger partial charge in [0, 0.05) is 18.5 Å². The number of amides is 1. The van der Waals surface area contributed by atoms with Crippen LogP contribution < -0.4 is 10.1 Å². The lowest BCUT2D eigenvalue weighted by molar-refractivity contribution is -0.122. The maximum absolute atomic E-state index is 11.8. The van der Waals surface area contributed by atoms with Crippen LogP contribution in [-0.4, -0.2) is 29.6 Å². The fourth-order valence-electron chi connectivity index (χ4n) is 4.48. The van der Waals surface area contributed by atoms with Crippen LogP contribution in [0.2, 0.25) is 0 Å². The molecular formula is C28H29NO5. The molecule has 3 atom stereocenters. The Hall–Kier alpha value is -3.64. The molecule has 1 saturated heterocycles. The Labute approximate surface area is 199 Å². The summed E-state index contributed by atoms with van der Waals surface area (Å²) in [5.41, 5.74) is 4.09. The average Bonchev–Trinajstić information content (AvgIpc) is 2.84. The van der Waals surface area contributed by atoms with Crippen LogP contribution >= 0.6 is 0 Å². The zero-order valence-electron chi connectivity index (χ0n) is 19.4. The Morgan fingerprint density at radius 3 is 2.29 bits per heavy atom. The second-order valence-corrected chi connectivity index (χ2v) is 8.46. The van der Waals surface area contributed by atoms with Gasteiger partial charge in [0.25, 0.3) is 0 Å². The number of carboxylic acids is 1. The van der Waals surface area contributed by atoms with Crippen LogP contribution in [0, 0.1) is 0 Å². The zero-order valence-corrected chi connectivity index (χ0v) is 19.4. The SMILES string of the molecule is CCOc1cc(-c2ccc(C(=O)O)cc2)ccc1[C@H]1C[C@@H](NC(C)=O)C[C@@H](c2ccccc2)O1. The summed E-state index contributed by atoms with van der Waals surface area (Å²) in [5.74, 6) is -0.279. The van der Waals surface area contributed by atoms with Crippen molar-refractivity contribution < 1.29 is 24.2 Å². The van der Waals surface area contributed by atoms with Crippen LogP contribution in [0.1, 0.15) is 60.4 Å². The molecule has 1 amide bonds. The third-order valence-electron chi connectivity index (χ3n) is 6.03. The van der Waals surface area contributed by atoms with Gasteiger partial charge in [0.1, 0.15) is 5.75 Å². The van der Waals surface area contributed by atoms with Gasteiger partial charge in [-0.05, 0) is 54.7 Å². The molecule has 0 aromatic heterocycles. The standard InChI is InChI=1S/C28H29NO5/c1-3-33-26-15-22(19-9-11-21(12-10-19)28(31)32)13-14-24(26)27-17-23(29-18(2)30)16-25(34-27)20-7-5-4-6-8-20/h4-15,23,25,27H,3,16-17H2,1-2H3,(H,29,30)(H,31,32)/t23-,25-,27+/m0/s1. The summed E-state index contributed by atoms with van der Waals surface area (Å²) in [6.45, 7) is 3.98. The lowest BCUT2D eigenvalue weighted by Crippen LogP contribution is -2.39. The number of benzene rings is 3. The molecule has 176 valence electrons. The van der Waals surface area contributed by atoms with E-state index >= 15 is 0 Å². The van der Waals surface area contributed by atoms with E-state index in [1.807, 2.05) is 55.5 Å². The van der Waals surface area contributed by atoms with Crippen LogP contribution in [0.15, 0.2) is 72.8 Å². The molecule has 1 aliphatic heterocycles. The van der Waals surface area contributed by atoms with Crippen molar-refractivity contribution in [2.75, 3.05) is 6.61 Å². The van der Waals surface area contributed by atoms with Crippen molar-refractivity contribution in [3.63, 3.8) is 0 Å². The Kier molecular flexibility index (Phi) is 7.28. The third-order valence-corrected chi connectivity index (χ3v) is 6.03. The highest BCUT2D eigenvalue weighted by atomic mass is 16.5. The van der Waals surface area contributed by atoms with Crippen LogP contribution in [0.4, 0.5) is 0 Å². The van der Waals surface area contributed by atoms with Crippen molar-refractivity contribution in [2.45, 2.75) is 44.9 Å². The van der Waals surface area contributed by atoms with Gasteiger partial charge in [-0.3, -0.25) is 4.79 Å². The largest absolute Gasteiger partial charge is 0.493 e. The summed E-state index contributed by atoms with van der Waals surface area (Å²) in [6, 6.07) is 22.8. The number of rotatable bonds is 7. The van der Waals surface area contributed by atoms with Crippen molar-refractivity contribution in [3.8, 4) is 16.9 Å². The average molecular weight is 460 g/mol. The summed E-state index contributed by atoms with van der Waals surface area (Å²) >= 11 is 0. The van der Waals surface area contributed by atoms with Crippen LogP contribution in [0.5, 0.6) is 5.75 Å². The molecule has 1 fully saturated rings. The lowest BCUT2D eigenvalue weighted by Gasteiger charge is -2.36. The summed E-state index contributed by atoms with van der Waals surface area (Å²) < 4.78 is 12.6. The quantitative estimate of drug-likeness (QED) is 0.484. The van der Waals surface area contributed by atoms with Crippen molar-refractivity contribution in [1.82, 2.24) is 5.32 Å². The molecule has 3 aromatic carbocycles. The van der Waals surface area contributed by atoms with Crippen molar-refractivity contribution in [3.05, 3.63) is 89.5 Å². The van der Waals surface area contributed by atoms with E-state index in [1.54, 1.807) is 24.3 Å². The highest BCUT2D eigenvalue weighted by Gasteiger charge is 2.33. The molecule has 1 aliphatic rings. The number of aromatic carboxylic acids is 1. The zero-order chi connectivity index (χ0) is 24.1. The molecular weight excluding hydrogens is 430 g/mol. The maximum Gasteiger partial charge on any atom is 0.335 e. The summed E-state index contributed by atoms with van der Waals surface area (Å²) in [6.07, 6.45) is 0.962. The topological polar surface area (TPSA) is 84.9 Å². The first kappa shape index (κ1) is 23.5. The number of hydrogen-bond donors (Lipinski definition) is 2. The Balaban J connectivity index is 1.66. The number of carbonyl (C=O) groups is 2. The molecule has 0 bridgehead atoms. The molecule has 2 N–H and O–H groups in total. The van der Waals surface area contributed by atoms with E-state index in [0.29, 0.717) is 19.4 Å². The van der Waals surface area contributed by atoms with Gasteiger partial charge < -0.3 is 19.9 Å². The summed E-state index contributed by atoms with van der Waals surface area (Å²) in [5, 5.41) is 12.2. The van der Waals surface area contributed by atoms with Crippen LogP contribution in [0.3, 0.4) is 0 Å². The van der Waals surface area contributed by atoms with Crippen molar-refractivity contribution >= 4 is 11.9 Å². The molecule has 1 heterocycles. The number of hydrogen-bond acceptors (Lipinski definition) is 4. The number of carboxylic acid groups (broad SMARTS) is 1. The number of nitrogens with one attached hydrogen (secondary N) is 1. The summed E-state index contributed by atoms with van der Waals surface area (Å²) in [7, 11) is 0. The second kappa shape index (κ2) is 10.5. The highest BCUT2D eigenvalue weighted by molar-refractivity contribution is 5.88. The van der Waals surface area contributed by atoms with E-state index in [1.165, 1.54) is 6.92 Å². The van der Waals surface area contributed by atoms with Gasteiger partial charge in [0.15, 0.2) is 0 Å². The first-order valence-electron chi connectivity index (χ1n) is 11.5. The van der Waals surface area contributed by atoms with Gasteiger partial charge in [-0.25, -0.2) is 4.79 Å². The first-order valence-corrected chi connectivity index (χ1v) is 11.5.